The quantitative estimate of drug-likeness (QED) is 0.222. The number of phenols is 3. The van der Waals surface area contributed by atoms with Crippen molar-refractivity contribution in [2.24, 2.45) is 0 Å². The molecule has 4 aromatic carbocycles. The minimum Gasteiger partial charge on any atom is -0.508 e. The van der Waals surface area contributed by atoms with Crippen LogP contribution in [0.2, 0.25) is 0 Å². The van der Waals surface area contributed by atoms with Gasteiger partial charge in [0.25, 0.3) is 0 Å². The number of hydrogen-bond acceptors (Lipinski definition) is 9. The van der Waals surface area contributed by atoms with Crippen LogP contribution in [0.4, 0.5) is 0 Å². The second-order valence-corrected chi connectivity index (χ2v) is 8.81. The van der Waals surface area contributed by atoms with Gasteiger partial charge in [-0.3, -0.25) is 0 Å². The smallest absolute Gasteiger partial charge is 0.343 e. The number of ether oxygens (including phenoxy) is 3. The fourth-order valence-electron chi connectivity index (χ4n) is 3.57. The minimum absolute atomic E-state index is 0.0172. The third kappa shape index (κ3) is 6.34. The van der Waals surface area contributed by atoms with Crippen LogP contribution in [-0.4, -0.2) is 33.2 Å². The van der Waals surface area contributed by atoms with Gasteiger partial charge in [0.1, 0.15) is 34.5 Å². The SMILES string of the molecule is Cc1cc(C(=O)Oc2cc(OC(=O)c3ccc(O)c(C)c3)cc(OC(=O)c3ccc(O)c(C)c3)c2)ccc1O. The van der Waals surface area contributed by atoms with Crippen LogP contribution in [0.25, 0.3) is 0 Å². The van der Waals surface area contributed by atoms with Crippen LogP contribution < -0.4 is 14.2 Å². The Morgan fingerprint density at radius 1 is 0.462 bits per heavy atom. The van der Waals surface area contributed by atoms with Crippen molar-refractivity contribution < 1.29 is 43.9 Å². The molecule has 0 amide bonds. The first kappa shape index (κ1) is 26.7. The molecular weight excluding hydrogens is 504 g/mol. The third-order valence-corrected chi connectivity index (χ3v) is 5.78. The number of aromatic hydroxyl groups is 3. The first-order valence-electron chi connectivity index (χ1n) is 11.7. The molecule has 9 nitrogen and oxygen atoms in total. The largest absolute Gasteiger partial charge is 0.508 e. The molecule has 0 aliphatic carbocycles. The summed E-state index contributed by atoms with van der Waals surface area (Å²) in [6, 6.07) is 16.4. The van der Waals surface area contributed by atoms with Gasteiger partial charge in [-0.15, -0.1) is 0 Å². The molecule has 0 spiro atoms. The maximum atomic E-state index is 12.8. The van der Waals surface area contributed by atoms with Gasteiger partial charge in [-0.05, 0) is 92.1 Å². The van der Waals surface area contributed by atoms with E-state index in [0.29, 0.717) is 16.7 Å². The van der Waals surface area contributed by atoms with E-state index in [-0.39, 0.29) is 51.2 Å². The van der Waals surface area contributed by atoms with Crippen molar-refractivity contribution in [2.75, 3.05) is 0 Å². The summed E-state index contributed by atoms with van der Waals surface area (Å²) in [6.45, 7) is 4.87. The molecule has 0 aromatic heterocycles. The second-order valence-electron chi connectivity index (χ2n) is 8.81. The molecule has 39 heavy (non-hydrogen) atoms. The van der Waals surface area contributed by atoms with Crippen molar-refractivity contribution in [1.82, 2.24) is 0 Å². The molecule has 0 radical (unpaired) electrons. The number of rotatable bonds is 6. The Bertz CT molecular complexity index is 1400. The van der Waals surface area contributed by atoms with Gasteiger partial charge in [0.15, 0.2) is 0 Å². The van der Waals surface area contributed by atoms with Gasteiger partial charge in [0, 0.05) is 18.2 Å². The molecule has 198 valence electrons. The standard InChI is InChI=1S/C30H24O9/c1-16-10-19(4-7-25(16)31)28(34)37-22-13-23(38-29(35)20-5-8-26(32)17(2)11-20)15-24(14-22)39-30(36)21-6-9-27(33)18(3)12-21/h4-15,31-33H,1-3H3. The Balaban J connectivity index is 1.64. The van der Waals surface area contributed by atoms with Crippen molar-refractivity contribution in [3.05, 3.63) is 106 Å². The van der Waals surface area contributed by atoms with Crippen LogP contribution in [0.15, 0.2) is 72.8 Å². The van der Waals surface area contributed by atoms with Gasteiger partial charge in [-0.25, -0.2) is 14.4 Å². The summed E-state index contributed by atoms with van der Waals surface area (Å²) in [7, 11) is 0. The number of benzene rings is 4. The average Bonchev–Trinajstić information content (AvgIpc) is 2.88. The van der Waals surface area contributed by atoms with E-state index in [1.54, 1.807) is 20.8 Å². The van der Waals surface area contributed by atoms with E-state index in [1.165, 1.54) is 72.8 Å². The number of phenolic OH excluding ortho intramolecular Hbond substituents is 3. The van der Waals surface area contributed by atoms with Crippen molar-refractivity contribution in [1.29, 1.82) is 0 Å². The van der Waals surface area contributed by atoms with Crippen LogP contribution in [0, 0.1) is 20.8 Å². The van der Waals surface area contributed by atoms with Crippen LogP contribution in [-0.2, 0) is 0 Å². The fraction of sp³-hybridized carbons (Fsp3) is 0.100. The summed E-state index contributed by atoms with van der Waals surface area (Å²) in [5, 5.41) is 29.2. The monoisotopic (exact) mass is 528 g/mol. The van der Waals surface area contributed by atoms with Crippen LogP contribution in [0.5, 0.6) is 34.5 Å². The van der Waals surface area contributed by atoms with Gasteiger partial charge < -0.3 is 29.5 Å². The first-order chi connectivity index (χ1) is 18.5. The molecule has 0 bridgehead atoms. The van der Waals surface area contributed by atoms with Crippen molar-refractivity contribution in [3.63, 3.8) is 0 Å². The Morgan fingerprint density at radius 2 is 0.718 bits per heavy atom. The summed E-state index contributed by atoms with van der Waals surface area (Å²) in [5.41, 5.74) is 1.88. The van der Waals surface area contributed by atoms with Gasteiger partial charge in [-0.1, -0.05) is 0 Å². The maximum absolute atomic E-state index is 12.8. The molecule has 9 heteroatoms. The van der Waals surface area contributed by atoms with Gasteiger partial charge in [0.05, 0.1) is 16.7 Å². The van der Waals surface area contributed by atoms with E-state index in [2.05, 4.69) is 0 Å². The molecule has 4 aromatic rings. The average molecular weight is 529 g/mol. The van der Waals surface area contributed by atoms with E-state index in [0.717, 1.165) is 0 Å². The van der Waals surface area contributed by atoms with E-state index in [1.807, 2.05) is 0 Å². The second kappa shape index (κ2) is 11.0. The molecular formula is C30H24O9. The highest BCUT2D eigenvalue weighted by Gasteiger charge is 2.18. The summed E-state index contributed by atoms with van der Waals surface area (Å²) < 4.78 is 16.4. The Hall–Kier alpha value is -5.31. The Kier molecular flexibility index (Phi) is 7.53. The summed E-state index contributed by atoms with van der Waals surface area (Å²) in [6.07, 6.45) is 0. The van der Waals surface area contributed by atoms with E-state index in [9.17, 15) is 29.7 Å². The lowest BCUT2D eigenvalue weighted by molar-refractivity contribution is 0.0730. The normalized spacial score (nSPS) is 10.5. The van der Waals surface area contributed by atoms with Gasteiger partial charge >= 0.3 is 17.9 Å². The lowest BCUT2D eigenvalue weighted by Gasteiger charge is -2.12. The van der Waals surface area contributed by atoms with Crippen molar-refractivity contribution in [2.45, 2.75) is 20.8 Å². The first-order valence-corrected chi connectivity index (χ1v) is 11.7. The molecule has 4 rings (SSSR count). The molecule has 0 saturated carbocycles. The highest BCUT2D eigenvalue weighted by molar-refractivity contribution is 5.93. The minimum atomic E-state index is -0.762. The predicted octanol–water partition coefficient (Wildman–Crippen LogP) is 5.39. The Morgan fingerprint density at radius 3 is 0.949 bits per heavy atom. The number of esters is 3. The van der Waals surface area contributed by atoms with Crippen LogP contribution in [0.1, 0.15) is 47.8 Å². The number of carbonyl (C=O) groups is 3. The Labute approximate surface area is 223 Å². The summed E-state index contributed by atoms with van der Waals surface area (Å²) in [4.78, 5) is 38.3. The van der Waals surface area contributed by atoms with E-state index < -0.39 is 17.9 Å². The molecule has 0 unspecified atom stereocenters. The topological polar surface area (TPSA) is 140 Å². The fourth-order valence-corrected chi connectivity index (χ4v) is 3.57. The van der Waals surface area contributed by atoms with Gasteiger partial charge in [-0.2, -0.15) is 0 Å². The van der Waals surface area contributed by atoms with Crippen LogP contribution in [0.3, 0.4) is 0 Å². The molecule has 0 heterocycles. The van der Waals surface area contributed by atoms with Crippen molar-refractivity contribution in [3.8, 4) is 34.5 Å². The predicted molar refractivity (Wildman–Crippen MR) is 140 cm³/mol. The zero-order valence-corrected chi connectivity index (χ0v) is 21.2. The van der Waals surface area contributed by atoms with E-state index in [4.69, 9.17) is 14.2 Å². The summed E-state index contributed by atoms with van der Waals surface area (Å²) >= 11 is 0. The third-order valence-electron chi connectivity index (χ3n) is 5.78. The molecule has 0 aliphatic rings. The summed E-state index contributed by atoms with van der Waals surface area (Å²) in [5.74, 6) is -2.48. The van der Waals surface area contributed by atoms with Crippen molar-refractivity contribution >= 4 is 17.9 Å². The number of carbonyl (C=O) groups excluding carboxylic acids is 3. The number of aryl methyl sites for hydroxylation is 3. The molecule has 0 fully saturated rings. The highest BCUT2D eigenvalue weighted by atomic mass is 16.6. The molecule has 0 saturated heterocycles. The highest BCUT2D eigenvalue weighted by Crippen LogP contribution is 2.31. The zero-order valence-electron chi connectivity index (χ0n) is 21.2. The maximum Gasteiger partial charge on any atom is 0.343 e. The van der Waals surface area contributed by atoms with E-state index >= 15 is 0 Å². The van der Waals surface area contributed by atoms with Gasteiger partial charge in [0.2, 0.25) is 0 Å². The lowest BCUT2D eigenvalue weighted by Crippen LogP contribution is -2.12. The zero-order chi connectivity index (χ0) is 28.3. The molecule has 0 aliphatic heterocycles. The molecule has 0 atom stereocenters. The lowest BCUT2D eigenvalue weighted by atomic mass is 10.1. The number of hydrogen-bond donors (Lipinski definition) is 3. The molecule has 3 N–H and O–H groups in total. The van der Waals surface area contributed by atoms with Crippen LogP contribution >= 0.6 is 0 Å².